The normalized spacial score (nSPS) is 21.7. The predicted octanol–water partition coefficient (Wildman–Crippen LogP) is 5.96. The minimum atomic E-state index is -1.30. The minimum Gasteiger partial charge on any atom is -0.392 e. The summed E-state index contributed by atoms with van der Waals surface area (Å²) in [6.07, 6.45) is 7.29. The van der Waals surface area contributed by atoms with E-state index in [-0.39, 0.29) is 49.3 Å². The monoisotopic (exact) mass is 1280 g/mol. The highest BCUT2D eigenvalue weighted by Crippen LogP contribution is 2.39. The first-order valence-corrected chi connectivity index (χ1v) is 33.4. The van der Waals surface area contributed by atoms with Crippen LogP contribution in [0.3, 0.4) is 0 Å². The molecule has 502 valence electrons. The summed E-state index contributed by atoms with van der Waals surface area (Å²) in [5.74, 6) is -1.98. The molecule has 4 aliphatic rings. The van der Waals surface area contributed by atoms with Gasteiger partial charge in [0, 0.05) is 87.0 Å². The van der Waals surface area contributed by atoms with Crippen LogP contribution in [-0.4, -0.2) is 168 Å². The molecule has 2 aliphatic heterocycles. The van der Waals surface area contributed by atoms with Crippen LogP contribution in [-0.2, 0) is 49.8 Å². The van der Waals surface area contributed by atoms with Crippen LogP contribution in [0.5, 0.6) is 0 Å². The van der Waals surface area contributed by atoms with E-state index in [0.29, 0.717) is 56.4 Å². The number of piperidine rings is 1. The Balaban J connectivity index is 0.000000222. The number of hydrogen-bond donors (Lipinski definition) is 9. The molecule has 4 heterocycles. The molecule has 10 rings (SSSR count). The number of rotatable bonds is 23. The number of para-hydroxylation sites is 1. The molecule has 11 atom stereocenters. The van der Waals surface area contributed by atoms with Crippen LogP contribution in [0.25, 0.3) is 10.9 Å². The van der Waals surface area contributed by atoms with Crippen LogP contribution < -0.4 is 32.3 Å². The second kappa shape index (κ2) is 32.4. The molecule has 0 radical (unpaired) electrons. The SMILES string of the molecule is CC(C)(C)NC(=O)[C@@H]1CN(Cc2cccnc2)CCN1C[C@@H](O)C[C@H](Cc1ccccc1)C(=O)N[C@H]1c2ccccc2C[C@H]1O.CC(C)(C)NC(=O)[C@@H]1C[C@@H]2CCCC[C@@H]2CN1C[C@@H](O)[C@H](Cc1ccccc1)NC(=O)[C@H](CC(N)=O)NC(=O)c1ccc2ccccc2n1. The minimum absolute atomic E-state index is 0.0566. The highest BCUT2D eigenvalue weighted by atomic mass is 16.3. The van der Waals surface area contributed by atoms with E-state index in [1.807, 2.05) is 163 Å². The zero-order chi connectivity index (χ0) is 67.1. The number of amides is 6. The standard InChI is InChI=1S/C38H50N6O5.C36H47N5O4/c1-38(2,3)43-37(49)32-20-26-14-7-8-15-27(26)22-44(32)23-33(45)30(19-24-11-5-4-6-12-24)41-36(48)31(21-34(39)46)42-35(47)29-18-17-25-13-9-10-16-28(25)40-29;1-36(2,3)39-35(45)31-24-40(22-26-12-9-15-37-21-26)16-17-41(31)23-29(42)19-28(18-25-10-5-4-6-11-25)34(44)38-33-30-14-8-7-13-27(30)20-32(33)43/h4-6,9-13,16-18,26-27,30-33,45H,7-8,14-15,19-23H2,1-3H3,(H2,39,46)(H,41,48)(H,42,47)(H,43,49);4-15,21,28-29,31-33,42-43H,16-20,22-24H2,1-3H3,(H,38,44)(H,39,45)/t26-,27+,30-,31-,32-,33+;28-,29-,31-,32+,33-/m00/s1. The fourth-order valence-electron chi connectivity index (χ4n) is 13.8. The second-order valence-corrected chi connectivity index (χ2v) is 28.3. The number of fused-ring (bicyclic) bond motifs is 3. The van der Waals surface area contributed by atoms with Gasteiger partial charge in [-0.25, -0.2) is 4.98 Å². The van der Waals surface area contributed by atoms with E-state index >= 15 is 0 Å². The van der Waals surface area contributed by atoms with Crippen LogP contribution in [0.1, 0.15) is 131 Å². The third-order valence-electron chi connectivity index (χ3n) is 18.4. The van der Waals surface area contributed by atoms with Gasteiger partial charge in [-0.1, -0.05) is 135 Å². The van der Waals surface area contributed by atoms with Crippen molar-refractivity contribution >= 4 is 46.3 Å². The zero-order valence-corrected chi connectivity index (χ0v) is 55.3. The number of benzene rings is 4. The van der Waals surface area contributed by atoms with Crippen molar-refractivity contribution in [2.45, 2.75) is 172 Å². The lowest BCUT2D eigenvalue weighted by atomic mass is 9.72. The highest BCUT2D eigenvalue weighted by Gasteiger charge is 2.43. The van der Waals surface area contributed by atoms with Crippen LogP contribution in [0.2, 0.25) is 0 Å². The Kier molecular flexibility index (Phi) is 24.3. The molecular weight excluding hydrogens is 1190 g/mol. The van der Waals surface area contributed by atoms with E-state index < -0.39 is 89.7 Å². The van der Waals surface area contributed by atoms with Crippen molar-refractivity contribution in [3.8, 4) is 0 Å². The molecule has 6 aromatic rings. The van der Waals surface area contributed by atoms with Crippen molar-refractivity contribution in [1.29, 1.82) is 0 Å². The number of carbonyl (C=O) groups is 6. The maximum absolute atomic E-state index is 13.8. The van der Waals surface area contributed by atoms with E-state index in [1.165, 1.54) is 6.42 Å². The highest BCUT2D eigenvalue weighted by molar-refractivity contribution is 5.99. The lowest BCUT2D eigenvalue weighted by molar-refractivity contribution is -0.133. The lowest BCUT2D eigenvalue weighted by Crippen LogP contribution is -2.61. The Bertz CT molecular complexity index is 3500. The number of β-amino-alcohol motifs (C(OH)–C–C–N with tert-alkyl or cyclic N) is 2. The molecule has 4 aromatic carbocycles. The number of likely N-dealkylation sites (tertiary alicyclic amines) is 1. The first kappa shape index (κ1) is 70.3. The number of nitrogens with two attached hydrogens (primary N) is 1. The molecule has 6 amide bonds. The first-order chi connectivity index (χ1) is 44.9. The van der Waals surface area contributed by atoms with Crippen molar-refractivity contribution in [1.82, 2.24) is 51.3 Å². The van der Waals surface area contributed by atoms with Gasteiger partial charge in [-0.05, 0) is 131 Å². The summed E-state index contributed by atoms with van der Waals surface area (Å²) in [6, 6.07) is 38.3. The van der Waals surface area contributed by atoms with Crippen molar-refractivity contribution in [2.24, 2.45) is 23.5 Å². The molecule has 20 nitrogen and oxygen atoms in total. The number of nitrogens with one attached hydrogen (secondary N) is 5. The second-order valence-electron chi connectivity index (χ2n) is 28.3. The van der Waals surface area contributed by atoms with Crippen molar-refractivity contribution < 1.29 is 44.1 Å². The number of hydrogen-bond acceptors (Lipinski definition) is 14. The maximum Gasteiger partial charge on any atom is 0.270 e. The average Bonchev–Trinajstić information content (AvgIpc) is 1.39. The molecule has 3 fully saturated rings. The number of aromatic nitrogens is 2. The predicted molar refractivity (Wildman–Crippen MR) is 362 cm³/mol. The molecule has 2 aliphatic carbocycles. The van der Waals surface area contributed by atoms with Crippen LogP contribution in [0, 0.1) is 17.8 Å². The number of aliphatic hydroxyl groups excluding tert-OH is 3. The van der Waals surface area contributed by atoms with E-state index in [9.17, 15) is 44.1 Å². The number of nitrogens with zero attached hydrogens (tertiary/aromatic N) is 5. The zero-order valence-electron chi connectivity index (χ0n) is 55.3. The van der Waals surface area contributed by atoms with Crippen molar-refractivity contribution in [3.63, 3.8) is 0 Å². The average molecular weight is 1280 g/mol. The summed E-state index contributed by atoms with van der Waals surface area (Å²) >= 11 is 0. The topological polar surface area (TPSA) is 285 Å². The number of primary amides is 1. The summed E-state index contributed by atoms with van der Waals surface area (Å²) in [4.78, 5) is 95.2. The molecule has 20 heteroatoms. The molecule has 10 N–H and O–H groups in total. The fraction of sp³-hybridized carbons (Fsp3) is 0.486. The molecule has 2 saturated heterocycles. The van der Waals surface area contributed by atoms with Gasteiger partial charge in [0.25, 0.3) is 5.91 Å². The van der Waals surface area contributed by atoms with Crippen LogP contribution in [0.4, 0.5) is 0 Å². The molecular formula is C74H97N11O9. The Morgan fingerprint density at radius 1 is 0.660 bits per heavy atom. The van der Waals surface area contributed by atoms with Gasteiger partial charge in [-0.3, -0.25) is 48.5 Å². The quantitative estimate of drug-likeness (QED) is 0.0358. The van der Waals surface area contributed by atoms with Crippen LogP contribution in [0.15, 0.2) is 146 Å². The Morgan fingerprint density at radius 2 is 1.30 bits per heavy atom. The van der Waals surface area contributed by atoms with Crippen molar-refractivity contribution in [3.05, 3.63) is 179 Å². The van der Waals surface area contributed by atoms with Gasteiger partial charge in [0.05, 0.1) is 48.4 Å². The molecule has 1 saturated carbocycles. The molecule has 0 spiro atoms. The first-order valence-electron chi connectivity index (χ1n) is 33.4. The largest absolute Gasteiger partial charge is 0.392 e. The van der Waals surface area contributed by atoms with Crippen LogP contribution >= 0.6 is 0 Å². The van der Waals surface area contributed by atoms with Gasteiger partial charge in [-0.2, -0.15) is 0 Å². The summed E-state index contributed by atoms with van der Waals surface area (Å²) < 4.78 is 0. The Morgan fingerprint density at radius 3 is 1.98 bits per heavy atom. The molecule has 0 bridgehead atoms. The van der Waals surface area contributed by atoms with Gasteiger partial charge in [0.1, 0.15) is 17.8 Å². The lowest BCUT2D eigenvalue weighted by Gasteiger charge is -2.47. The van der Waals surface area contributed by atoms with E-state index in [0.717, 1.165) is 65.4 Å². The smallest absolute Gasteiger partial charge is 0.270 e. The third-order valence-corrected chi connectivity index (χ3v) is 18.4. The van der Waals surface area contributed by atoms with Gasteiger partial charge < -0.3 is 47.6 Å². The third kappa shape index (κ3) is 20.3. The van der Waals surface area contributed by atoms with Crippen molar-refractivity contribution in [2.75, 3.05) is 39.3 Å². The van der Waals surface area contributed by atoms with E-state index in [4.69, 9.17) is 5.73 Å². The summed E-state index contributed by atoms with van der Waals surface area (Å²) in [7, 11) is 0. The molecule has 0 unspecified atom stereocenters. The number of carbonyl (C=O) groups excluding carboxylic acids is 6. The van der Waals surface area contributed by atoms with Gasteiger partial charge in [-0.15, -0.1) is 0 Å². The van der Waals surface area contributed by atoms with E-state index in [2.05, 4.69) is 51.3 Å². The van der Waals surface area contributed by atoms with Gasteiger partial charge in [0.2, 0.25) is 29.5 Å². The Labute approximate surface area is 553 Å². The number of pyridine rings is 2. The fourth-order valence-corrected chi connectivity index (χ4v) is 13.8. The Hall–Kier alpha value is -7.98. The van der Waals surface area contributed by atoms with Gasteiger partial charge in [0.15, 0.2) is 0 Å². The summed E-state index contributed by atoms with van der Waals surface area (Å²) in [5, 5.41) is 49.9. The van der Waals surface area contributed by atoms with E-state index in [1.54, 1.807) is 24.4 Å². The maximum atomic E-state index is 13.8. The summed E-state index contributed by atoms with van der Waals surface area (Å²) in [5.41, 5.74) is 10.4. The molecule has 2 aromatic heterocycles. The number of piperazine rings is 1. The number of aliphatic hydroxyl groups is 3. The van der Waals surface area contributed by atoms with Gasteiger partial charge >= 0.3 is 0 Å². The molecule has 94 heavy (non-hydrogen) atoms. The summed E-state index contributed by atoms with van der Waals surface area (Å²) in [6.45, 7) is 15.5.